The highest BCUT2D eigenvalue weighted by Crippen LogP contribution is 2.38. The Morgan fingerprint density at radius 3 is 2.67 bits per heavy atom. The molecule has 5 heteroatoms. The first-order valence-electron chi connectivity index (χ1n) is 4.96. The molecule has 0 aromatic carbocycles. The van der Waals surface area contributed by atoms with E-state index in [0.717, 1.165) is 12.8 Å². The Kier molecular flexibility index (Phi) is 2.40. The van der Waals surface area contributed by atoms with Crippen LogP contribution in [-0.4, -0.2) is 21.4 Å². The van der Waals surface area contributed by atoms with Gasteiger partial charge in [0.15, 0.2) is 0 Å². The molecule has 1 atom stereocenters. The number of nitrogens with one attached hydrogen (secondary N) is 1. The molecule has 1 aliphatic rings. The first kappa shape index (κ1) is 10.0. The molecule has 1 fully saturated rings. The first-order valence-corrected chi connectivity index (χ1v) is 4.96. The fourth-order valence-corrected chi connectivity index (χ4v) is 1.50. The van der Waals surface area contributed by atoms with Gasteiger partial charge in [0.1, 0.15) is 6.33 Å². The zero-order chi connectivity index (χ0) is 10.9. The Balaban J connectivity index is 2.03. The van der Waals surface area contributed by atoms with E-state index in [1.807, 2.05) is 0 Å². The zero-order valence-corrected chi connectivity index (χ0v) is 8.60. The Morgan fingerprint density at radius 1 is 1.53 bits per heavy atom. The maximum absolute atomic E-state index is 11.8. The van der Waals surface area contributed by atoms with Crippen LogP contribution in [0.1, 0.15) is 19.8 Å². The van der Waals surface area contributed by atoms with Gasteiger partial charge in [0, 0.05) is 0 Å². The molecule has 0 aliphatic heterocycles. The number of carbonyl (C=O) groups is 1. The van der Waals surface area contributed by atoms with E-state index in [4.69, 9.17) is 5.73 Å². The van der Waals surface area contributed by atoms with E-state index in [-0.39, 0.29) is 5.91 Å². The average Bonchev–Trinajstić information content (AvgIpc) is 3.02. The number of hydrogen-bond acceptors (Lipinski definition) is 4. The molecule has 1 saturated carbocycles. The van der Waals surface area contributed by atoms with Gasteiger partial charge in [-0.15, -0.1) is 0 Å². The third-order valence-electron chi connectivity index (χ3n) is 2.73. The molecule has 1 amide bonds. The molecule has 15 heavy (non-hydrogen) atoms. The molecule has 0 bridgehead atoms. The van der Waals surface area contributed by atoms with E-state index in [1.165, 1.54) is 6.33 Å². The molecular formula is C10H14N4O. The molecule has 0 spiro atoms. The topological polar surface area (TPSA) is 80.9 Å². The van der Waals surface area contributed by atoms with Gasteiger partial charge in [0.2, 0.25) is 5.91 Å². The minimum absolute atomic E-state index is 0.167. The van der Waals surface area contributed by atoms with Gasteiger partial charge in [-0.1, -0.05) is 0 Å². The molecule has 0 radical (unpaired) electrons. The standard InChI is InChI=1S/C10H14N4O/c1-10(11,7-2-3-7)9(15)14-8-4-12-6-13-5-8/h4-7H,2-3,11H2,1H3,(H,14,15). The van der Waals surface area contributed by atoms with E-state index >= 15 is 0 Å². The molecule has 80 valence electrons. The molecule has 5 nitrogen and oxygen atoms in total. The van der Waals surface area contributed by atoms with Crippen molar-refractivity contribution in [3.05, 3.63) is 18.7 Å². The lowest BCUT2D eigenvalue weighted by Gasteiger charge is -2.22. The third kappa shape index (κ3) is 2.12. The maximum atomic E-state index is 11.8. The predicted molar refractivity (Wildman–Crippen MR) is 56.0 cm³/mol. The Labute approximate surface area is 88.1 Å². The summed E-state index contributed by atoms with van der Waals surface area (Å²) in [6, 6.07) is 0. The van der Waals surface area contributed by atoms with Gasteiger partial charge in [-0.25, -0.2) is 9.97 Å². The molecule has 1 heterocycles. The summed E-state index contributed by atoms with van der Waals surface area (Å²) in [5.74, 6) is 0.141. The van der Waals surface area contributed by atoms with E-state index in [0.29, 0.717) is 11.6 Å². The number of carbonyl (C=O) groups excluding carboxylic acids is 1. The Hall–Kier alpha value is -1.49. The van der Waals surface area contributed by atoms with Crippen molar-refractivity contribution in [3.63, 3.8) is 0 Å². The van der Waals surface area contributed by atoms with Crippen LogP contribution >= 0.6 is 0 Å². The maximum Gasteiger partial charge on any atom is 0.244 e. The van der Waals surface area contributed by atoms with Crippen molar-refractivity contribution in [2.45, 2.75) is 25.3 Å². The summed E-state index contributed by atoms with van der Waals surface area (Å²) in [5.41, 5.74) is 5.76. The van der Waals surface area contributed by atoms with E-state index < -0.39 is 5.54 Å². The van der Waals surface area contributed by atoms with Gasteiger partial charge in [-0.2, -0.15) is 0 Å². The Morgan fingerprint density at radius 2 is 2.13 bits per heavy atom. The number of amides is 1. The normalized spacial score (nSPS) is 19.3. The van der Waals surface area contributed by atoms with Gasteiger partial charge in [-0.3, -0.25) is 4.79 Å². The lowest BCUT2D eigenvalue weighted by atomic mass is 9.96. The summed E-state index contributed by atoms with van der Waals surface area (Å²) in [6.45, 7) is 1.77. The number of nitrogens with zero attached hydrogens (tertiary/aromatic N) is 2. The van der Waals surface area contributed by atoms with Gasteiger partial charge in [0.05, 0.1) is 23.6 Å². The number of anilines is 1. The van der Waals surface area contributed by atoms with Crippen LogP contribution in [0, 0.1) is 5.92 Å². The van der Waals surface area contributed by atoms with Gasteiger partial charge < -0.3 is 11.1 Å². The van der Waals surface area contributed by atoms with E-state index in [2.05, 4.69) is 15.3 Å². The van der Waals surface area contributed by atoms with Crippen molar-refractivity contribution in [3.8, 4) is 0 Å². The second kappa shape index (κ2) is 3.58. The van der Waals surface area contributed by atoms with Gasteiger partial charge in [0.25, 0.3) is 0 Å². The Bertz CT molecular complexity index is 359. The minimum atomic E-state index is -0.782. The van der Waals surface area contributed by atoms with Crippen molar-refractivity contribution in [1.29, 1.82) is 0 Å². The summed E-state index contributed by atoms with van der Waals surface area (Å²) in [5, 5.41) is 2.71. The molecule has 1 aliphatic carbocycles. The second-order valence-corrected chi connectivity index (χ2v) is 4.14. The van der Waals surface area contributed by atoms with Gasteiger partial charge >= 0.3 is 0 Å². The quantitative estimate of drug-likeness (QED) is 0.756. The van der Waals surface area contributed by atoms with E-state index in [1.54, 1.807) is 19.3 Å². The molecule has 3 N–H and O–H groups in total. The van der Waals surface area contributed by atoms with Crippen molar-refractivity contribution in [2.24, 2.45) is 11.7 Å². The summed E-state index contributed by atoms with van der Waals surface area (Å²) < 4.78 is 0. The highest BCUT2D eigenvalue weighted by atomic mass is 16.2. The summed E-state index contributed by atoms with van der Waals surface area (Å²) in [4.78, 5) is 19.5. The van der Waals surface area contributed by atoms with Crippen LogP contribution in [0.25, 0.3) is 0 Å². The van der Waals surface area contributed by atoms with Crippen molar-refractivity contribution in [2.75, 3.05) is 5.32 Å². The van der Waals surface area contributed by atoms with Crippen LogP contribution in [0.4, 0.5) is 5.69 Å². The SMILES string of the molecule is CC(N)(C(=O)Nc1cncnc1)C1CC1. The fourth-order valence-electron chi connectivity index (χ4n) is 1.50. The number of nitrogens with two attached hydrogens (primary N) is 1. The van der Waals surface area contributed by atoms with Gasteiger partial charge in [-0.05, 0) is 25.7 Å². The van der Waals surface area contributed by atoms with Crippen molar-refractivity contribution in [1.82, 2.24) is 9.97 Å². The summed E-state index contributed by atoms with van der Waals surface area (Å²) in [6.07, 6.45) is 6.58. The number of rotatable bonds is 3. The van der Waals surface area contributed by atoms with Crippen LogP contribution in [-0.2, 0) is 4.79 Å². The molecule has 0 saturated heterocycles. The molecule has 2 rings (SSSR count). The highest BCUT2D eigenvalue weighted by molar-refractivity contribution is 5.97. The minimum Gasteiger partial charge on any atom is -0.322 e. The predicted octanol–water partition coefficient (Wildman–Crippen LogP) is 0.542. The molecule has 1 unspecified atom stereocenters. The lowest BCUT2D eigenvalue weighted by Crippen LogP contribution is -2.50. The second-order valence-electron chi connectivity index (χ2n) is 4.14. The van der Waals surface area contributed by atoms with Crippen LogP contribution in [0.3, 0.4) is 0 Å². The largest absolute Gasteiger partial charge is 0.322 e. The zero-order valence-electron chi connectivity index (χ0n) is 8.60. The van der Waals surface area contributed by atoms with Crippen LogP contribution in [0.2, 0.25) is 0 Å². The van der Waals surface area contributed by atoms with E-state index in [9.17, 15) is 4.79 Å². The van der Waals surface area contributed by atoms with Crippen molar-refractivity contribution >= 4 is 11.6 Å². The van der Waals surface area contributed by atoms with Crippen LogP contribution < -0.4 is 11.1 Å². The fraction of sp³-hybridized carbons (Fsp3) is 0.500. The highest BCUT2D eigenvalue weighted by Gasteiger charge is 2.44. The number of hydrogen-bond donors (Lipinski definition) is 2. The lowest BCUT2D eigenvalue weighted by molar-refractivity contribution is -0.121. The summed E-state index contributed by atoms with van der Waals surface area (Å²) >= 11 is 0. The third-order valence-corrected chi connectivity index (χ3v) is 2.73. The van der Waals surface area contributed by atoms with Crippen LogP contribution in [0.5, 0.6) is 0 Å². The smallest absolute Gasteiger partial charge is 0.244 e. The molecule has 1 aromatic heterocycles. The molecule has 1 aromatic rings. The monoisotopic (exact) mass is 206 g/mol. The van der Waals surface area contributed by atoms with Crippen LogP contribution in [0.15, 0.2) is 18.7 Å². The average molecular weight is 206 g/mol. The first-order chi connectivity index (χ1) is 7.10. The van der Waals surface area contributed by atoms with Crippen molar-refractivity contribution < 1.29 is 4.79 Å². The summed E-state index contributed by atoms with van der Waals surface area (Å²) in [7, 11) is 0. The number of aromatic nitrogens is 2. The molecular weight excluding hydrogens is 192 g/mol.